The van der Waals surface area contributed by atoms with Crippen LogP contribution in [0.3, 0.4) is 0 Å². The van der Waals surface area contributed by atoms with Gasteiger partial charge in [-0.2, -0.15) is 26.7 Å². The number of nitro benzene ring substituents is 1. The van der Waals surface area contributed by atoms with Gasteiger partial charge in [-0.1, -0.05) is 0 Å². The number of nitro groups is 1. The van der Waals surface area contributed by atoms with E-state index in [0.29, 0.717) is 17.1 Å². The molecular weight excluding hydrogens is 381 g/mol. The smallest absolute Gasteiger partial charge is 0.368 e. The number of hydrogen-bond donors (Lipinski definition) is 0. The summed E-state index contributed by atoms with van der Waals surface area (Å²) in [6, 6.07) is 2.52. The van der Waals surface area contributed by atoms with E-state index in [2.05, 4.69) is 14.6 Å². The van der Waals surface area contributed by atoms with Crippen LogP contribution in [0.15, 0.2) is 33.7 Å². The lowest BCUT2D eigenvalue weighted by molar-refractivity contribution is -0.385. The monoisotopic (exact) mass is 392 g/mol. The second-order valence-electron chi connectivity index (χ2n) is 5.09. The Balaban J connectivity index is 2.67. The highest BCUT2D eigenvalue weighted by molar-refractivity contribution is 7.90. The average molecular weight is 392 g/mol. The van der Waals surface area contributed by atoms with E-state index in [9.17, 15) is 31.7 Å². The third-order valence-electron chi connectivity index (χ3n) is 2.85. The Labute approximate surface area is 144 Å². The summed E-state index contributed by atoms with van der Waals surface area (Å²) in [5.74, 6) is 0. The van der Waals surface area contributed by atoms with Crippen molar-refractivity contribution in [1.29, 1.82) is 0 Å². The number of rotatable bonds is 5. The van der Waals surface area contributed by atoms with Crippen molar-refractivity contribution in [2.45, 2.75) is 11.1 Å². The van der Waals surface area contributed by atoms with E-state index in [1.807, 2.05) is 0 Å². The van der Waals surface area contributed by atoms with Crippen molar-refractivity contribution in [1.82, 2.24) is 19.9 Å². The van der Waals surface area contributed by atoms with Crippen LogP contribution in [0.25, 0.3) is 5.69 Å². The Bertz CT molecular complexity index is 968. The number of aromatic nitrogens is 3. The molecule has 10 nitrogen and oxygen atoms in total. The molecule has 14 heteroatoms. The Hall–Kier alpha value is -3.03. The molecule has 0 spiro atoms. The Morgan fingerprint density at radius 3 is 2.50 bits per heavy atom. The van der Waals surface area contributed by atoms with Gasteiger partial charge in [0.2, 0.25) is 0 Å². The highest BCUT2D eigenvalue weighted by Gasteiger charge is 2.35. The second-order valence-corrected chi connectivity index (χ2v) is 6.69. The SMILES string of the molecule is CN(C)/C=N/S(=O)(=O)c1cc([N+](=O)[O-])ccc1-n1ncc(C(F)(F)F)n1. The lowest BCUT2D eigenvalue weighted by Crippen LogP contribution is -2.13. The fourth-order valence-electron chi connectivity index (χ4n) is 1.71. The number of non-ortho nitro benzene ring substituents is 1. The Morgan fingerprint density at radius 2 is 2.00 bits per heavy atom. The maximum atomic E-state index is 12.7. The zero-order valence-corrected chi connectivity index (χ0v) is 14.1. The van der Waals surface area contributed by atoms with Crippen molar-refractivity contribution >= 4 is 22.0 Å². The molecule has 1 aromatic heterocycles. The summed E-state index contributed by atoms with van der Waals surface area (Å²) in [5, 5.41) is 17.5. The van der Waals surface area contributed by atoms with Crippen molar-refractivity contribution in [2.24, 2.45) is 4.40 Å². The topological polar surface area (TPSA) is 124 Å². The zero-order chi connectivity index (χ0) is 19.7. The summed E-state index contributed by atoms with van der Waals surface area (Å²) >= 11 is 0. The molecule has 1 heterocycles. The first-order chi connectivity index (χ1) is 11.9. The molecular formula is C12H11F3N6O4S. The number of hydrogen-bond acceptors (Lipinski definition) is 6. The molecule has 0 aliphatic heterocycles. The van der Waals surface area contributed by atoms with Gasteiger partial charge in [-0.3, -0.25) is 10.1 Å². The van der Waals surface area contributed by atoms with E-state index < -0.39 is 43.1 Å². The van der Waals surface area contributed by atoms with Gasteiger partial charge >= 0.3 is 6.18 Å². The predicted molar refractivity (Wildman–Crippen MR) is 82.4 cm³/mol. The number of halogens is 3. The molecule has 0 bridgehead atoms. The van der Waals surface area contributed by atoms with Gasteiger partial charge in [0.1, 0.15) is 16.9 Å². The number of nitrogens with zero attached hydrogens (tertiary/aromatic N) is 6. The minimum absolute atomic E-state index is 0.404. The third kappa shape index (κ3) is 4.14. The zero-order valence-electron chi connectivity index (χ0n) is 13.2. The highest BCUT2D eigenvalue weighted by atomic mass is 32.2. The summed E-state index contributed by atoms with van der Waals surface area (Å²) in [6.45, 7) is 0. The van der Waals surface area contributed by atoms with Crippen LogP contribution in [0, 0.1) is 10.1 Å². The first kappa shape index (κ1) is 19.3. The molecule has 2 rings (SSSR count). The minimum atomic E-state index is -4.79. The first-order valence-electron chi connectivity index (χ1n) is 6.67. The molecule has 0 aliphatic rings. The van der Waals surface area contributed by atoms with E-state index in [1.54, 1.807) is 0 Å². The fraction of sp³-hybridized carbons (Fsp3) is 0.250. The predicted octanol–water partition coefficient (Wildman–Crippen LogP) is 1.47. The van der Waals surface area contributed by atoms with Crippen LogP contribution in [0.1, 0.15) is 5.69 Å². The summed E-state index contributed by atoms with van der Waals surface area (Å²) in [4.78, 5) is 11.1. The molecule has 0 saturated carbocycles. The molecule has 0 amide bonds. The quantitative estimate of drug-likeness (QED) is 0.327. The van der Waals surface area contributed by atoms with Crippen LogP contribution >= 0.6 is 0 Å². The van der Waals surface area contributed by atoms with E-state index >= 15 is 0 Å². The fourth-order valence-corrected chi connectivity index (χ4v) is 2.82. The molecule has 0 N–H and O–H groups in total. The maximum absolute atomic E-state index is 12.7. The molecule has 0 saturated heterocycles. The first-order valence-corrected chi connectivity index (χ1v) is 8.11. The van der Waals surface area contributed by atoms with Crippen LogP contribution < -0.4 is 0 Å². The third-order valence-corrected chi connectivity index (χ3v) is 4.10. The van der Waals surface area contributed by atoms with Gasteiger partial charge in [-0.25, -0.2) is 0 Å². The van der Waals surface area contributed by atoms with Gasteiger partial charge in [0.05, 0.1) is 11.1 Å². The molecule has 1 aromatic carbocycles. The van der Waals surface area contributed by atoms with Crippen LogP contribution in [-0.4, -0.2) is 53.7 Å². The van der Waals surface area contributed by atoms with Gasteiger partial charge in [0.25, 0.3) is 15.7 Å². The molecule has 0 unspecified atom stereocenters. The summed E-state index contributed by atoms with van der Waals surface area (Å²) in [6.07, 6.45) is -3.46. The van der Waals surface area contributed by atoms with Crippen molar-refractivity contribution in [3.63, 3.8) is 0 Å². The summed E-state index contributed by atoms with van der Waals surface area (Å²) < 4.78 is 66.1. The molecule has 140 valence electrons. The summed E-state index contributed by atoms with van der Waals surface area (Å²) in [5.41, 5.74) is -2.35. The van der Waals surface area contributed by atoms with Gasteiger partial charge in [-0.15, -0.1) is 14.3 Å². The van der Waals surface area contributed by atoms with E-state index in [4.69, 9.17) is 0 Å². The number of alkyl halides is 3. The molecule has 26 heavy (non-hydrogen) atoms. The average Bonchev–Trinajstić information content (AvgIpc) is 3.02. The van der Waals surface area contributed by atoms with Gasteiger partial charge in [0.15, 0.2) is 5.69 Å². The van der Waals surface area contributed by atoms with Crippen molar-refractivity contribution < 1.29 is 26.5 Å². The molecule has 0 atom stereocenters. The highest BCUT2D eigenvalue weighted by Crippen LogP contribution is 2.29. The second kappa shape index (κ2) is 6.70. The van der Waals surface area contributed by atoms with E-state index in [0.717, 1.165) is 18.5 Å². The standard InChI is InChI=1S/C12H11F3N6O4S/c1-19(2)7-17-26(24,25)10-5-8(21(22)23)3-4-9(10)20-16-6-11(18-20)12(13,14)15/h3-7H,1-2H3/b17-7+. The van der Waals surface area contributed by atoms with Gasteiger partial charge in [0, 0.05) is 26.2 Å². The molecule has 0 aliphatic carbocycles. The Morgan fingerprint density at radius 1 is 1.35 bits per heavy atom. The van der Waals surface area contributed by atoms with Crippen LogP contribution in [0.2, 0.25) is 0 Å². The molecule has 0 fully saturated rings. The molecule has 0 radical (unpaired) electrons. The van der Waals surface area contributed by atoms with Gasteiger partial charge in [-0.05, 0) is 6.07 Å². The molecule has 2 aromatic rings. The van der Waals surface area contributed by atoms with Crippen molar-refractivity contribution in [2.75, 3.05) is 14.1 Å². The van der Waals surface area contributed by atoms with Crippen LogP contribution in [-0.2, 0) is 16.2 Å². The van der Waals surface area contributed by atoms with Crippen molar-refractivity contribution in [3.05, 3.63) is 40.2 Å². The largest absolute Gasteiger partial charge is 0.436 e. The number of sulfonamides is 1. The lowest BCUT2D eigenvalue weighted by atomic mass is 10.3. The lowest BCUT2D eigenvalue weighted by Gasteiger charge is -2.08. The van der Waals surface area contributed by atoms with Crippen molar-refractivity contribution in [3.8, 4) is 5.69 Å². The van der Waals surface area contributed by atoms with E-state index in [-0.39, 0.29) is 0 Å². The van der Waals surface area contributed by atoms with Crippen LogP contribution in [0.4, 0.5) is 18.9 Å². The minimum Gasteiger partial charge on any atom is -0.368 e. The normalized spacial score (nSPS) is 12.5. The Kier molecular flexibility index (Phi) is 4.97. The van der Waals surface area contributed by atoms with E-state index in [1.165, 1.54) is 19.0 Å². The number of benzene rings is 1. The van der Waals surface area contributed by atoms with Gasteiger partial charge < -0.3 is 4.90 Å². The maximum Gasteiger partial charge on any atom is 0.436 e. The van der Waals surface area contributed by atoms with Crippen LogP contribution in [0.5, 0.6) is 0 Å². The summed E-state index contributed by atoms with van der Waals surface area (Å²) in [7, 11) is -1.51.